The van der Waals surface area contributed by atoms with E-state index in [4.69, 9.17) is 5.73 Å². The number of hydrogen-bond donors (Lipinski definition) is 3. The van der Waals surface area contributed by atoms with E-state index in [-0.39, 0.29) is 0 Å². The molecular weight excluding hydrogens is 254 g/mol. The van der Waals surface area contributed by atoms with Crippen molar-refractivity contribution in [1.82, 2.24) is 29.9 Å². The summed E-state index contributed by atoms with van der Waals surface area (Å²) >= 11 is 0. The first kappa shape index (κ1) is 12.1. The number of aromatic nitrogens is 6. The predicted octanol–water partition coefficient (Wildman–Crippen LogP) is 1.81. The summed E-state index contributed by atoms with van der Waals surface area (Å²) in [4.78, 5) is 21.8. The molecule has 0 aliphatic rings. The molecule has 20 heavy (non-hydrogen) atoms. The molecule has 7 heteroatoms. The van der Waals surface area contributed by atoms with E-state index in [0.29, 0.717) is 5.82 Å². The standard InChI is InChI=1S/C7H7N3.C6H6N4/c1-5-6-2-3-8-7(6)10-4-9-5;7-5-4-1-2-8-6(4)10-3-9-5/h2-4H,1H3,(H,8,9,10);1-3H,(H3,7,8,9,10). The lowest BCUT2D eigenvalue weighted by atomic mass is 10.3. The Labute approximate surface area is 114 Å². The van der Waals surface area contributed by atoms with Gasteiger partial charge in [0.05, 0.1) is 11.1 Å². The van der Waals surface area contributed by atoms with Gasteiger partial charge in [0.1, 0.15) is 29.8 Å². The topological polar surface area (TPSA) is 109 Å². The van der Waals surface area contributed by atoms with E-state index in [1.165, 1.54) is 6.33 Å². The molecular formula is C13H13N7. The number of nitrogens with two attached hydrogens (primary N) is 1. The summed E-state index contributed by atoms with van der Waals surface area (Å²) in [6, 6.07) is 3.83. The molecule has 7 nitrogen and oxygen atoms in total. The predicted molar refractivity (Wildman–Crippen MR) is 76.9 cm³/mol. The zero-order valence-corrected chi connectivity index (χ0v) is 10.8. The second-order valence-electron chi connectivity index (χ2n) is 4.20. The van der Waals surface area contributed by atoms with Crippen LogP contribution in [0.3, 0.4) is 0 Å². The van der Waals surface area contributed by atoms with E-state index < -0.39 is 0 Å². The molecule has 4 rings (SSSR count). The van der Waals surface area contributed by atoms with Crippen molar-refractivity contribution >= 4 is 27.9 Å². The van der Waals surface area contributed by atoms with Crippen molar-refractivity contribution in [3.8, 4) is 0 Å². The molecule has 4 heterocycles. The molecule has 4 aromatic rings. The van der Waals surface area contributed by atoms with E-state index in [2.05, 4.69) is 29.9 Å². The Morgan fingerprint density at radius 3 is 2.10 bits per heavy atom. The van der Waals surface area contributed by atoms with Crippen LogP contribution in [0, 0.1) is 6.92 Å². The Morgan fingerprint density at radius 1 is 0.850 bits per heavy atom. The molecule has 4 aromatic heterocycles. The first-order valence-corrected chi connectivity index (χ1v) is 6.04. The maximum Gasteiger partial charge on any atom is 0.142 e. The average molecular weight is 267 g/mol. The molecule has 0 fully saturated rings. The van der Waals surface area contributed by atoms with Crippen molar-refractivity contribution in [1.29, 1.82) is 0 Å². The molecule has 0 spiro atoms. The number of hydrogen-bond acceptors (Lipinski definition) is 5. The molecule has 0 amide bonds. The van der Waals surface area contributed by atoms with Gasteiger partial charge in [0.25, 0.3) is 0 Å². The number of rotatable bonds is 0. The highest BCUT2D eigenvalue weighted by Crippen LogP contribution is 2.13. The fourth-order valence-corrected chi connectivity index (χ4v) is 1.89. The van der Waals surface area contributed by atoms with Crippen molar-refractivity contribution in [2.45, 2.75) is 6.92 Å². The number of H-pyrrole nitrogens is 2. The number of nitrogens with zero attached hydrogens (tertiary/aromatic N) is 4. The number of aryl methyl sites for hydroxylation is 1. The van der Waals surface area contributed by atoms with Crippen molar-refractivity contribution in [2.24, 2.45) is 0 Å². The summed E-state index contributed by atoms with van der Waals surface area (Å²) in [5, 5.41) is 1.98. The highest BCUT2D eigenvalue weighted by molar-refractivity contribution is 5.85. The summed E-state index contributed by atoms with van der Waals surface area (Å²) in [5.74, 6) is 0.520. The smallest absolute Gasteiger partial charge is 0.142 e. The monoisotopic (exact) mass is 267 g/mol. The largest absolute Gasteiger partial charge is 0.383 e. The molecule has 0 bridgehead atoms. The Balaban J connectivity index is 0.000000121. The van der Waals surface area contributed by atoms with Gasteiger partial charge in [0.2, 0.25) is 0 Å². The van der Waals surface area contributed by atoms with Crippen LogP contribution in [0.4, 0.5) is 5.82 Å². The number of nitrogens with one attached hydrogen (secondary N) is 2. The maximum absolute atomic E-state index is 5.53. The first-order chi connectivity index (χ1) is 9.75. The molecule has 100 valence electrons. The van der Waals surface area contributed by atoms with Gasteiger partial charge in [-0.15, -0.1) is 0 Å². The SMILES string of the molecule is Cc1ncnc2[nH]ccc12.Nc1ncnc2[nH]ccc12. The van der Waals surface area contributed by atoms with Gasteiger partial charge in [-0.2, -0.15) is 0 Å². The number of nitrogen functional groups attached to an aromatic ring is 1. The highest BCUT2D eigenvalue weighted by atomic mass is 15.0. The van der Waals surface area contributed by atoms with Crippen LogP contribution in [0.15, 0.2) is 37.2 Å². The minimum Gasteiger partial charge on any atom is -0.383 e. The lowest BCUT2D eigenvalue weighted by Gasteiger charge is -1.90. The Hall–Kier alpha value is -2.96. The fraction of sp³-hybridized carbons (Fsp3) is 0.0769. The molecule has 0 aliphatic carbocycles. The van der Waals surface area contributed by atoms with Crippen LogP contribution >= 0.6 is 0 Å². The van der Waals surface area contributed by atoms with E-state index in [1.807, 2.05) is 25.3 Å². The van der Waals surface area contributed by atoms with Crippen LogP contribution in [-0.2, 0) is 0 Å². The zero-order valence-electron chi connectivity index (χ0n) is 10.8. The summed E-state index contributed by atoms with van der Waals surface area (Å²) in [7, 11) is 0. The second kappa shape index (κ2) is 4.96. The van der Waals surface area contributed by atoms with Crippen molar-refractivity contribution in [3.05, 3.63) is 42.9 Å². The summed E-state index contributed by atoms with van der Waals surface area (Å²) in [5.41, 5.74) is 8.24. The maximum atomic E-state index is 5.53. The fourth-order valence-electron chi connectivity index (χ4n) is 1.89. The molecule has 0 atom stereocenters. The minimum absolute atomic E-state index is 0.520. The van der Waals surface area contributed by atoms with Crippen LogP contribution in [0.25, 0.3) is 22.1 Å². The van der Waals surface area contributed by atoms with Gasteiger partial charge in [-0.1, -0.05) is 0 Å². The summed E-state index contributed by atoms with van der Waals surface area (Å²) in [6.07, 6.45) is 6.66. The Bertz CT molecular complexity index is 774. The number of aromatic amines is 2. The zero-order chi connectivity index (χ0) is 13.9. The van der Waals surface area contributed by atoms with Crippen LogP contribution in [0.2, 0.25) is 0 Å². The van der Waals surface area contributed by atoms with Gasteiger partial charge in [-0.3, -0.25) is 0 Å². The average Bonchev–Trinajstić information content (AvgIpc) is 3.08. The van der Waals surface area contributed by atoms with Crippen molar-refractivity contribution in [3.63, 3.8) is 0 Å². The molecule has 0 aliphatic heterocycles. The van der Waals surface area contributed by atoms with E-state index in [9.17, 15) is 0 Å². The van der Waals surface area contributed by atoms with Crippen LogP contribution < -0.4 is 5.73 Å². The Kier molecular flexibility index (Phi) is 3.00. The van der Waals surface area contributed by atoms with Gasteiger partial charge in [0, 0.05) is 17.8 Å². The lowest BCUT2D eigenvalue weighted by Crippen LogP contribution is -1.90. The van der Waals surface area contributed by atoms with Crippen LogP contribution in [-0.4, -0.2) is 29.9 Å². The quantitative estimate of drug-likeness (QED) is 0.450. The normalized spacial score (nSPS) is 10.4. The third-order valence-electron chi connectivity index (χ3n) is 2.94. The van der Waals surface area contributed by atoms with Gasteiger partial charge in [0.15, 0.2) is 0 Å². The van der Waals surface area contributed by atoms with E-state index in [1.54, 1.807) is 12.5 Å². The van der Waals surface area contributed by atoms with E-state index >= 15 is 0 Å². The lowest BCUT2D eigenvalue weighted by molar-refractivity contribution is 1.14. The third kappa shape index (κ3) is 2.16. The highest BCUT2D eigenvalue weighted by Gasteiger charge is 1.97. The van der Waals surface area contributed by atoms with Gasteiger partial charge in [-0.25, -0.2) is 19.9 Å². The summed E-state index contributed by atoms with van der Waals surface area (Å²) in [6.45, 7) is 1.97. The van der Waals surface area contributed by atoms with Crippen molar-refractivity contribution < 1.29 is 0 Å². The van der Waals surface area contributed by atoms with Crippen molar-refractivity contribution in [2.75, 3.05) is 5.73 Å². The molecule has 0 saturated heterocycles. The van der Waals surface area contributed by atoms with Gasteiger partial charge < -0.3 is 15.7 Å². The molecule has 0 aromatic carbocycles. The molecule has 4 N–H and O–H groups in total. The first-order valence-electron chi connectivity index (χ1n) is 6.04. The van der Waals surface area contributed by atoms with Crippen LogP contribution in [0.1, 0.15) is 5.69 Å². The van der Waals surface area contributed by atoms with Gasteiger partial charge in [-0.05, 0) is 19.1 Å². The molecule has 0 unspecified atom stereocenters. The van der Waals surface area contributed by atoms with Crippen LogP contribution in [0.5, 0.6) is 0 Å². The van der Waals surface area contributed by atoms with E-state index in [0.717, 1.165) is 27.8 Å². The Morgan fingerprint density at radius 2 is 1.45 bits per heavy atom. The second-order valence-corrected chi connectivity index (χ2v) is 4.20. The van der Waals surface area contributed by atoms with Gasteiger partial charge >= 0.3 is 0 Å². The minimum atomic E-state index is 0.520. The number of anilines is 1. The number of fused-ring (bicyclic) bond motifs is 2. The molecule has 0 saturated carbocycles. The third-order valence-corrected chi connectivity index (χ3v) is 2.94. The summed E-state index contributed by atoms with van der Waals surface area (Å²) < 4.78 is 0. The molecule has 0 radical (unpaired) electrons.